The zero-order valence-electron chi connectivity index (χ0n) is 10.5. The maximum Gasteiger partial charge on any atom is 0.270 e. The van der Waals surface area contributed by atoms with E-state index in [0.29, 0.717) is 5.56 Å². The lowest BCUT2D eigenvalue weighted by molar-refractivity contribution is -0.384. The number of non-ortho nitro benzene ring substituents is 1. The number of nitrogens with one attached hydrogen (secondary N) is 1. The molecule has 0 radical (unpaired) electrons. The van der Waals surface area contributed by atoms with Gasteiger partial charge >= 0.3 is 0 Å². The Morgan fingerprint density at radius 1 is 1.10 bits per heavy atom. The molecule has 0 unspecified atom stereocenters. The second-order valence-electron chi connectivity index (χ2n) is 4.70. The van der Waals surface area contributed by atoms with E-state index in [1.54, 1.807) is 6.07 Å². The second kappa shape index (κ2) is 4.86. The normalized spacial score (nSPS) is 20.4. The van der Waals surface area contributed by atoms with Gasteiger partial charge in [-0.05, 0) is 5.56 Å². The molecule has 1 aliphatic rings. The van der Waals surface area contributed by atoms with Gasteiger partial charge in [0.1, 0.15) is 0 Å². The van der Waals surface area contributed by atoms with E-state index in [9.17, 15) is 14.9 Å². The van der Waals surface area contributed by atoms with E-state index in [4.69, 9.17) is 0 Å². The molecule has 1 fully saturated rings. The highest BCUT2D eigenvalue weighted by atomic mass is 16.6. The van der Waals surface area contributed by atoms with Crippen molar-refractivity contribution in [3.8, 4) is 0 Å². The first-order chi connectivity index (χ1) is 9.66. The van der Waals surface area contributed by atoms with Crippen molar-refractivity contribution >= 4 is 11.5 Å². The highest BCUT2D eigenvalue weighted by Gasteiger charge is 2.43. The molecule has 1 heterocycles. The van der Waals surface area contributed by atoms with Crippen LogP contribution in [0.2, 0.25) is 0 Å². The van der Waals surface area contributed by atoms with Crippen molar-refractivity contribution in [1.29, 1.82) is 0 Å². The molecule has 0 aromatic heterocycles. The van der Waals surface area contributed by atoms with Gasteiger partial charge in [-0.2, -0.15) is 0 Å². The minimum atomic E-state index is -0.494. The van der Waals surface area contributed by atoms with Crippen molar-refractivity contribution in [1.82, 2.24) is 5.32 Å². The molecule has 2 aromatic carbocycles. The molecular formula is C15H12N2O3. The van der Waals surface area contributed by atoms with Crippen molar-refractivity contribution in [3.05, 3.63) is 75.8 Å². The Balaban J connectivity index is 1.78. The number of nitro benzene ring substituents is 1. The van der Waals surface area contributed by atoms with Crippen molar-refractivity contribution < 1.29 is 9.72 Å². The molecule has 2 aromatic rings. The van der Waals surface area contributed by atoms with Gasteiger partial charge in [0, 0.05) is 17.7 Å². The average Bonchev–Trinajstić information content (AvgIpc) is 3.28. The van der Waals surface area contributed by atoms with Gasteiger partial charge in [0.25, 0.3) is 5.69 Å². The topological polar surface area (TPSA) is 82.1 Å². The second-order valence-corrected chi connectivity index (χ2v) is 4.70. The average molecular weight is 268 g/mol. The van der Waals surface area contributed by atoms with Gasteiger partial charge in [-0.15, -0.1) is 0 Å². The highest BCUT2D eigenvalue weighted by Crippen LogP contribution is 2.32. The third-order valence-corrected chi connectivity index (χ3v) is 3.37. The quantitative estimate of drug-likeness (QED) is 0.399. The fourth-order valence-electron chi connectivity index (χ4n) is 2.27. The van der Waals surface area contributed by atoms with E-state index in [2.05, 4.69) is 5.32 Å². The minimum Gasteiger partial charge on any atom is -0.297 e. The maximum atomic E-state index is 12.3. The van der Waals surface area contributed by atoms with E-state index < -0.39 is 4.92 Å². The van der Waals surface area contributed by atoms with Gasteiger partial charge in [0.05, 0.1) is 17.0 Å². The summed E-state index contributed by atoms with van der Waals surface area (Å²) in [6.45, 7) is 0. The Morgan fingerprint density at radius 2 is 1.85 bits per heavy atom. The summed E-state index contributed by atoms with van der Waals surface area (Å²) < 4.78 is 0. The number of nitro groups is 1. The number of carbonyl (C=O) groups is 1. The van der Waals surface area contributed by atoms with Crippen LogP contribution in [-0.2, 0) is 0 Å². The van der Waals surface area contributed by atoms with Gasteiger partial charge in [0.15, 0.2) is 5.78 Å². The molecule has 5 heteroatoms. The molecule has 0 amide bonds. The predicted octanol–water partition coefficient (Wildman–Crippen LogP) is 2.49. The largest absolute Gasteiger partial charge is 0.297 e. The van der Waals surface area contributed by atoms with Crippen LogP contribution in [-0.4, -0.2) is 16.7 Å². The Labute approximate surface area is 115 Å². The molecule has 3 rings (SSSR count). The van der Waals surface area contributed by atoms with Gasteiger partial charge < -0.3 is 0 Å². The monoisotopic (exact) mass is 268 g/mol. The minimum absolute atomic E-state index is 0.00274. The van der Waals surface area contributed by atoms with Crippen LogP contribution < -0.4 is 5.32 Å². The first kappa shape index (κ1) is 12.5. The number of Topliss-reactive ketones (excluding diaryl/α,β-unsaturated/α-hetero) is 1. The van der Waals surface area contributed by atoms with Crippen LogP contribution in [0.3, 0.4) is 0 Å². The number of rotatable bonds is 4. The molecule has 5 nitrogen and oxygen atoms in total. The van der Waals surface area contributed by atoms with Crippen molar-refractivity contribution in [2.45, 2.75) is 12.1 Å². The molecule has 1 saturated heterocycles. The molecule has 0 aliphatic carbocycles. The Bertz CT molecular complexity index is 670. The fraction of sp³-hybridized carbons (Fsp3) is 0.133. The lowest BCUT2D eigenvalue weighted by atomic mass is 10.0. The van der Waals surface area contributed by atoms with Crippen LogP contribution in [0.5, 0.6) is 0 Å². The lowest BCUT2D eigenvalue weighted by Gasteiger charge is -1.99. The first-order valence-corrected chi connectivity index (χ1v) is 6.26. The summed E-state index contributed by atoms with van der Waals surface area (Å²) >= 11 is 0. The van der Waals surface area contributed by atoms with Crippen LogP contribution in [0.25, 0.3) is 0 Å². The highest BCUT2D eigenvalue weighted by molar-refractivity contribution is 6.03. The lowest BCUT2D eigenvalue weighted by Crippen LogP contribution is -2.10. The number of ketones is 1. The summed E-state index contributed by atoms with van der Waals surface area (Å²) in [7, 11) is 0. The summed E-state index contributed by atoms with van der Waals surface area (Å²) in [5, 5.41) is 13.8. The summed E-state index contributed by atoms with van der Waals surface area (Å²) in [5.74, 6) is -0.109. The zero-order valence-corrected chi connectivity index (χ0v) is 10.5. The van der Waals surface area contributed by atoms with Crippen LogP contribution >= 0.6 is 0 Å². The standard InChI is InChI=1S/C15H12N2O3/c18-15(11-7-4-8-12(9-11)17(19)20)14-13(16-14)10-5-2-1-3-6-10/h1-9,13-14,16H/t13-,14+/m1/s1. The first-order valence-electron chi connectivity index (χ1n) is 6.26. The molecule has 2 atom stereocenters. The van der Waals surface area contributed by atoms with Gasteiger partial charge in [-0.25, -0.2) is 0 Å². The third-order valence-electron chi connectivity index (χ3n) is 3.37. The van der Waals surface area contributed by atoms with Crippen molar-refractivity contribution in [2.24, 2.45) is 0 Å². The number of hydrogen-bond donors (Lipinski definition) is 1. The van der Waals surface area contributed by atoms with E-state index >= 15 is 0 Å². The zero-order chi connectivity index (χ0) is 14.1. The Morgan fingerprint density at radius 3 is 2.55 bits per heavy atom. The molecule has 20 heavy (non-hydrogen) atoms. The summed E-state index contributed by atoms with van der Waals surface area (Å²) in [5.41, 5.74) is 1.36. The van der Waals surface area contributed by atoms with Gasteiger partial charge in [-0.3, -0.25) is 20.2 Å². The summed E-state index contributed by atoms with van der Waals surface area (Å²) in [6.07, 6.45) is 0. The van der Waals surface area contributed by atoms with Crippen molar-refractivity contribution in [2.75, 3.05) is 0 Å². The van der Waals surface area contributed by atoms with Gasteiger partial charge in [-0.1, -0.05) is 42.5 Å². The number of hydrogen-bond acceptors (Lipinski definition) is 4. The van der Waals surface area contributed by atoms with Crippen LogP contribution in [0.1, 0.15) is 22.0 Å². The SMILES string of the molecule is O=C(c1cccc([N+](=O)[O-])c1)[C@H]1N[C@@H]1c1ccccc1. The van der Waals surface area contributed by atoms with Crippen LogP contribution in [0.15, 0.2) is 54.6 Å². The number of benzene rings is 2. The summed E-state index contributed by atoms with van der Waals surface area (Å²) in [6, 6.07) is 15.2. The Kier molecular flexibility index (Phi) is 3.04. The number of nitrogens with zero attached hydrogens (tertiary/aromatic N) is 1. The van der Waals surface area contributed by atoms with Gasteiger partial charge in [0.2, 0.25) is 0 Å². The molecule has 100 valence electrons. The van der Waals surface area contributed by atoms with E-state index in [0.717, 1.165) is 5.56 Å². The molecule has 0 bridgehead atoms. The third kappa shape index (κ3) is 2.31. The van der Waals surface area contributed by atoms with E-state index in [1.807, 2.05) is 30.3 Å². The molecule has 1 aliphatic heterocycles. The van der Waals surface area contributed by atoms with E-state index in [-0.39, 0.29) is 23.6 Å². The summed E-state index contributed by atoms with van der Waals surface area (Å²) in [4.78, 5) is 22.5. The van der Waals surface area contributed by atoms with Crippen molar-refractivity contribution in [3.63, 3.8) is 0 Å². The van der Waals surface area contributed by atoms with E-state index in [1.165, 1.54) is 18.2 Å². The van der Waals surface area contributed by atoms with Crippen LogP contribution in [0, 0.1) is 10.1 Å². The molecular weight excluding hydrogens is 256 g/mol. The molecule has 1 N–H and O–H groups in total. The smallest absolute Gasteiger partial charge is 0.270 e. The Hall–Kier alpha value is -2.53. The molecule has 0 saturated carbocycles. The maximum absolute atomic E-state index is 12.3. The van der Waals surface area contributed by atoms with Crippen LogP contribution in [0.4, 0.5) is 5.69 Å². The predicted molar refractivity (Wildman–Crippen MR) is 73.5 cm³/mol. The number of carbonyl (C=O) groups excluding carboxylic acids is 1. The fourth-order valence-corrected chi connectivity index (χ4v) is 2.27. The molecule has 0 spiro atoms.